The van der Waals surface area contributed by atoms with E-state index >= 15 is 0 Å². The summed E-state index contributed by atoms with van der Waals surface area (Å²) in [6.45, 7) is 3.79. The first-order valence-corrected chi connectivity index (χ1v) is 6.14. The highest BCUT2D eigenvalue weighted by molar-refractivity contribution is 9.10. The van der Waals surface area contributed by atoms with E-state index in [9.17, 15) is 0 Å². The molecule has 5 nitrogen and oxygen atoms in total. The highest BCUT2D eigenvalue weighted by Gasteiger charge is 2.06. The minimum absolute atomic E-state index is 0.444. The number of ether oxygens (including phenoxy) is 1. The Morgan fingerprint density at radius 2 is 2.00 bits per heavy atom. The van der Waals surface area contributed by atoms with Gasteiger partial charge in [0.15, 0.2) is 0 Å². The summed E-state index contributed by atoms with van der Waals surface area (Å²) in [5, 5.41) is 0. The minimum atomic E-state index is 0.444. The number of nitrogen functional groups attached to an aromatic ring is 1. The van der Waals surface area contributed by atoms with Gasteiger partial charge in [-0.25, -0.2) is 10.8 Å². The summed E-state index contributed by atoms with van der Waals surface area (Å²) in [5.74, 6) is 7.57. The third-order valence-corrected chi connectivity index (χ3v) is 2.88. The van der Waals surface area contributed by atoms with Gasteiger partial charge in [0.2, 0.25) is 5.88 Å². The molecule has 0 radical (unpaired) electrons. The van der Waals surface area contributed by atoms with E-state index in [2.05, 4.69) is 31.3 Å². The van der Waals surface area contributed by atoms with Crippen molar-refractivity contribution < 1.29 is 4.74 Å². The first-order valence-electron chi connectivity index (χ1n) is 5.35. The highest BCUT2D eigenvalue weighted by Crippen LogP contribution is 2.30. The topological polar surface area (TPSA) is 73.1 Å². The van der Waals surface area contributed by atoms with Crippen molar-refractivity contribution in [2.24, 2.45) is 5.84 Å². The van der Waals surface area contributed by atoms with Crippen LogP contribution in [0.15, 0.2) is 28.7 Å². The van der Waals surface area contributed by atoms with Crippen molar-refractivity contribution in [1.29, 1.82) is 0 Å². The average molecular weight is 309 g/mol. The molecule has 0 saturated heterocycles. The molecular weight excluding hydrogens is 296 g/mol. The van der Waals surface area contributed by atoms with E-state index in [0.717, 1.165) is 10.0 Å². The molecule has 18 heavy (non-hydrogen) atoms. The SMILES string of the molecule is Cc1ccc(Oc2cc(NN)nc(C)n2)c(Br)c1. The number of aryl methyl sites for hydroxylation is 2. The second kappa shape index (κ2) is 5.32. The summed E-state index contributed by atoms with van der Waals surface area (Å²) in [6.07, 6.45) is 0. The summed E-state index contributed by atoms with van der Waals surface area (Å²) in [4.78, 5) is 8.28. The standard InChI is InChI=1S/C12H13BrN4O/c1-7-3-4-10(9(13)5-7)18-12-6-11(17-14)15-8(2)16-12/h3-6H,14H2,1-2H3,(H,15,16,17). The first kappa shape index (κ1) is 12.8. The Bertz CT molecular complexity index is 574. The van der Waals surface area contributed by atoms with Crippen molar-refractivity contribution >= 4 is 21.7 Å². The lowest BCUT2D eigenvalue weighted by Gasteiger charge is -2.09. The summed E-state index contributed by atoms with van der Waals surface area (Å²) in [5.41, 5.74) is 3.63. The van der Waals surface area contributed by atoms with Crippen LogP contribution in [0.1, 0.15) is 11.4 Å². The molecule has 1 aromatic carbocycles. The Hall–Kier alpha value is -1.66. The van der Waals surface area contributed by atoms with Gasteiger partial charge >= 0.3 is 0 Å². The Morgan fingerprint density at radius 3 is 2.67 bits per heavy atom. The molecule has 3 N–H and O–H groups in total. The van der Waals surface area contributed by atoms with Gasteiger partial charge in [0, 0.05) is 6.07 Å². The van der Waals surface area contributed by atoms with Gasteiger partial charge in [-0.2, -0.15) is 4.98 Å². The highest BCUT2D eigenvalue weighted by atomic mass is 79.9. The molecule has 0 amide bonds. The molecule has 0 aliphatic rings. The van der Waals surface area contributed by atoms with E-state index in [4.69, 9.17) is 10.6 Å². The van der Waals surface area contributed by atoms with Crippen LogP contribution < -0.4 is 16.0 Å². The lowest BCUT2D eigenvalue weighted by Crippen LogP contribution is -2.09. The third kappa shape index (κ3) is 2.96. The molecular formula is C12H13BrN4O. The molecule has 1 heterocycles. The van der Waals surface area contributed by atoms with Gasteiger partial charge in [0.25, 0.3) is 0 Å². The molecule has 0 unspecified atom stereocenters. The summed E-state index contributed by atoms with van der Waals surface area (Å²) in [7, 11) is 0. The Balaban J connectivity index is 2.30. The van der Waals surface area contributed by atoms with Gasteiger partial charge in [-0.3, -0.25) is 0 Å². The molecule has 0 spiro atoms. The van der Waals surface area contributed by atoms with Crippen molar-refractivity contribution in [3.8, 4) is 11.6 Å². The van der Waals surface area contributed by atoms with Crippen LogP contribution in [0.2, 0.25) is 0 Å². The molecule has 0 saturated carbocycles. The molecule has 0 atom stereocenters. The van der Waals surface area contributed by atoms with Crippen LogP contribution >= 0.6 is 15.9 Å². The van der Waals surface area contributed by atoms with Crippen LogP contribution in [-0.2, 0) is 0 Å². The lowest BCUT2D eigenvalue weighted by atomic mass is 10.2. The monoisotopic (exact) mass is 308 g/mol. The van der Waals surface area contributed by atoms with Crippen LogP contribution in [0.3, 0.4) is 0 Å². The maximum atomic E-state index is 5.69. The summed E-state index contributed by atoms with van der Waals surface area (Å²) >= 11 is 3.45. The van der Waals surface area contributed by atoms with E-state index in [1.165, 1.54) is 0 Å². The minimum Gasteiger partial charge on any atom is -0.438 e. The smallest absolute Gasteiger partial charge is 0.224 e. The Kier molecular flexibility index (Phi) is 3.78. The fourth-order valence-corrected chi connectivity index (χ4v) is 2.04. The zero-order valence-electron chi connectivity index (χ0n) is 10.1. The second-order valence-electron chi connectivity index (χ2n) is 3.82. The number of nitrogens with two attached hydrogens (primary N) is 1. The number of hydrogen-bond acceptors (Lipinski definition) is 5. The number of aromatic nitrogens is 2. The van der Waals surface area contributed by atoms with Crippen molar-refractivity contribution in [2.45, 2.75) is 13.8 Å². The molecule has 2 aromatic rings. The quantitative estimate of drug-likeness (QED) is 0.673. The Labute approximate surface area is 113 Å². The molecule has 0 aliphatic heterocycles. The second-order valence-corrected chi connectivity index (χ2v) is 4.67. The summed E-state index contributed by atoms with van der Waals surface area (Å²) < 4.78 is 6.57. The Morgan fingerprint density at radius 1 is 1.22 bits per heavy atom. The van der Waals surface area contributed by atoms with E-state index in [0.29, 0.717) is 23.3 Å². The van der Waals surface area contributed by atoms with Gasteiger partial charge < -0.3 is 10.2 Å². The number of nitrogens with zero attached hydrogens (tertiary/aromatic N) is 2. The van der Waals surface area contributed by atoms with Crippen molar-refractivity contribution in [2.75, 3.05) is 5.43 Å². The van der Waals surface area contributed by atoms with Crippen LogP contribution in [0.25, 0.3) is 0 Å². The normalized spacial score (nSPS) is 10.2. The van der Waals surface area contributed by atoms with E-state index < -0.39 is 0 Å². The number of hydrogen-bond donors (Lipinski definition) is 2. The molecule has 2 rings (SSSR count). The summed E-state index contributed by atoms with van der Waals surface area (Å²) in [6, 6.07) is 7.47. The average Bonchev–Trinajstić information content (AvgIpc) is 2.32. The lowest BCUT2D eigenvalue weighted by molar-refractivity contribution is 0.457. The van der Waals surface area contributed by atoms with Crippen LogP contribution in [0, 0.1) is 13.8 Å². The van der Waals surface area contributed by atoms with Gasteiger partial charge in [-0.15, -0.1) is 0 Å². The fourth-order valence-electron chi connectivity index (χ4n) is 1.47. The first-order chi connectivity index (χ1) is 8.58. The van der Waals surface area contributed by atoms with E-state index in [-0.39, 0.29) is 0 Å². The van der Waals surface area contributed by atoms with Crippen molar-refractivity contribution in [1.82, 2.24) is 9.97 Å². The van der Waals surface area contributed by atoms with Crippen molar-refractivity contribution in [3.05, 3.63) is 40.1 Å². The van der Waals surface area contributed by atoms with Gasteiger partial charge in [-0.05, 0) is 47.5 Å². The predicted molar refractivity (Wildman–Crippen MR) is 73.5 cm³/mol. The fraction of sp³-hybridized carbons (Fsp3) is 0.167. The van der Waals surface area contributed by atoms with Gasteiger partial charge in [-0.1, -0.05) is 6.07 Å². The van der Waals surface area contributed by atoms with Gasteiger partial charge in [0.05, 0.1) is 4.47 Å². The van der Waals surface area contributed by atoms with Crippen molar-refractivity contribution in [3.63, 3.8) is 0 Å². The predicted octanol–water partition coefficient (Wildman–Crippen LogP) is 2.93. The maximum absolute atomic E-state index is 5.69. The zero-order chi connectivity index (χ0) is 13.1. The molecule has 0 bridgehead atoms. The number of anilines is 1. The number of benzene rings is 1. The van der Waals surface area contributed by atoms with E-state index in [1.54, 1.807) is 13.0 Å². The largest absolute Gasteiger partial charge is 0.438 e. The third-order valence-electron chi connectivity index (χ3n) is 2.26. The van der Waals surface area contributed by atoms with Crippen LogP contribution in [0.5, 0.6) is 11.6 Å². The van der Waals surface area contributed by atoms with Crippen LogP contribution in [-0.4, -0.2) is 9.97 Å². The number of rotatable bonds is 3. The van der Waals surface area contributed by atoms with E-state index in [1.807, 2.05) is 25.1 Å². The van der Waals surface area contributed by atoms with Crippen LogP contribution in [0.4, 0.5) is 5.82 Å². The molecule has 1 aromatic heterocycles. The number of hydrazine groups is 1. The zero-order valence-corrected chi connectivity index (χ0v) is 11.7. The van der Waals surface area contributed by atoms with Gasteiger partial charge in [0.1, 0.15) is 17.4 Å². The number of nitrogens with one attached hydrogen (secondary N) is 1. The molecule has 0 fully saturated rings. The molecule has 94 valence electrons. The molecule has 0 aliphatic carbocycles. The molecule has 6 heteroatoms. The number of halogens is 1. The maximum Gasteiger partial charge on any atom is 0.224 e.